The Hall–Kier alpha value is -0.130. The molecule has 3 N–H and O–H groups in total. The molecule has 1 rings (SSSR count). The summed E-state index contributed by atoms with van der Waals surface area (Å²) in [6.45, 7) is 2.92. The smallest absolute Gasteiger partial charge is 0.214 e. The zero-order valence-corrected chi connectivity index (χ0v) is 8.81. The average molecular weight is 206 g/mol. The van der Waals surface area contributed by atoms with Gasteiger partial charge in [0.05, 0.1) is 5.25 Å². The van der Waals surface area contributed by atoms with Crippen LogP contribution in [0.4, 0.5) is 0 Å². The first-order valence-corrected chi connectivity index (χ1v) is 6.29. The third kappa shape index (κ3) is 2.93. The second kappa shape index (κ2) is 4.39. The summed E-state index contributed by atoms with van der Waals surface area (Å²) in [5.41, 5.74) is 5.39. The molecule has 1 aliphatic carbocycles. The van der Waals surface area contributed by atoms with E-state index in [0.29, 0.717) is 13.1 Å². The van der Waals surface area contributed by atoms with Gasteiger partial charge in [-0.2, -0.15) is 0 Å². The second-order valence-electron chi connectivity index (χ2n) is 3.79. The first-order chi connectivity index (χ1) is 6.06. The lowest BCUT2D eigenvalue weighted by atomic mass is 10.0. The highest BCUT2D eigenvalue weighted by Crippen LogP contribution is 2.25. The van der Waals surface area contributed by atoms with Crippen LogP contribution in [0.2, 0.25) is 0 Å². The van der Waals surface area contributed by atoms with Crippen LogP contribution in [-0.2, 0) is 10.0 Å². The summed E-state index contributed by atoms with van der Waals surface area (Å²) in [4.78, 5) is 0. The Morgan fingerprint density at radius 1 is 1.54 bits per heavy atom. The summed E-state index contributed by atoms with van der Waals surface area (Å²) in [5, 5.41) is -0.141. The van der Waals surface area contributed by atoms with Crippen LogP contribution in [-0.4, -0.2) is 26.8 Å². The summed E-state index contributed by atoms with van der Waals surface area (Å²) in [7, 11) is -3.03. The van der Waals surface area contributed by atoms with Gasteiger partial charge in [-0.15, -0.1) is 0 Å². The van der Waals surface area contributed by atoms with E-state index in [-0.39, 0.29) is 11.2 Å². The number of hydrogen-bond donors (Lipinski definition) is 2. The van der Waals surface area contributed by atoms with Crippen molar-refractivity contribution in [3.8, 4) is 0 Å². The molecule has 1 fully saturated rings. The van der Waals surface area contributed by atoms with Crippen molar-refractivity contribution >= 4 is 10.0 Å². The summed E-state index contributed by atoms with van der Waals surface area (Å²) in [6, 6.07) is 0. The molecule has 0 heterocycles. The minimum Gasteiger partial charge on any atom is -0.330 e. The third-order valence-corrected chi connectivity index (χ3v) is 4.44. The molecule has 1 atom stereocenters. The molecule has 4 nitrogen and oxygen atoms in total. The maximum absolute atomic E-state index is 11.5. The van der Waals surface area contributed by atoms with Gasteiger partial charge in [0, 0.05) is 6.54 Å². The maximum atomic E-state index is 11.5. The van der Waals surface area contributed by atoms with Crippen LogP contribution in [0.3, 0.4) is 0 Å². The molecule has 1 unspecified atom stereocenters. The molecule has 0 aromatic carbocycles. The molecule has 0 spiro atoms. The zero-order chi connectivity index (χ0) is 9.90. The molecule has 0 saturated heterocycles. The SMILES string of the molecule is CC(CN)CNS(=O)(=O)C1CCC1. The fourth-order valence-corrected chi connectivity index (χ4v) is 2.85. The van der Waals surface area contributed by atoms with Crippen molar-refractivity contribution in [1.29, 1.82) is 0 Å². The molecule has 0 amide bonds. The van der Waals surface area contributed by atoms with E-state index < -0.39 is 10.0 Å². The van der Waals surface area contributed by atoms with Crippen molar-refractivity contribution in [2.24, 2.45) is 11.7 Å². The predicted molar refractivity (Wildman–Crippen MR) is 52.8 cm³/mol. The van der Waals surface area contributed by atoms with Crippen LogP contribution in [0, 0.1) is 5.92 Å². The second-order valence-corrected chi connectivity index (χ2v) is 5.83. The van der Waals surface area contributed by atoms with E-state index in [1.807, 2.05) is 6.92 Å². The minimum atomic E-state index is -3.03. The molecule has 78 valence electrons. The van der Waals surface area contributed by atoms with Crippen LogP contribution >= 0.6 is 0 Å². The fourth-order valence-electron chi connectivity index (χ4n) is 1.14. The predicted octanol–water partition coefficient (Wildman–Crippen LogP) is 0.0531. The first-order valence-electron chi connectivity index (χ1n) is 4.75. The average Bonchev–Trinajstić information content (AvgIpc) is 1.96. The monoisotopic (exact) mass is 206 g/mol. The molecule has 1 saturated carbocycles. The van der Waals surface area contributed by atoms with Crippen LogP contribution in [0.5, 0.6) is 0 Å². The lowest BCUT2D eigenvalue weighted by Crippen LogP contribution is -2.41. The number of sulfonamides is 1. The highest BCUT2D eigenvalue weighted by Gasteiger charge is 2.30. The Kier molecular flexibility index (Phi) is 3.70. The molecule has 0 radical (unpaired) electrons. The number of nitrogens with two attached hydrogens (primary N) is 1. The summed E-state index contributed by atoms with van der Waals surface area (Å²) >= 11 is 0. The summed E-state index contributed by atoms with van der Waals surface area (Å²) in [5.74, 6) is 0.217. The molecule has 13 heavy (non-hydrogen) atoms. The Balaban J connectivity index is 2.34. The van der Waals surface area contributed by atoms with E-state index in [4.69, 9.17) is 5.73 Å². The van der Waals surface area contributed by atoms with Crippen LogP contribution < -0.4 is 10.5 Å². The van der Waals surface area contributed by atoms with Gasteiger partial charge < -0.3 is 5.73 Å². The van der Waals surface area contributed by atoms with Crippen molar-refractivity contribution in [2.75, 3.05) is 13.1 Å². The lowest BCUT2D eigenvalue weighted by Gasteiger charge is -2.25. The van der Waals surface area contributed by atoms with Gasteiger partial charge in [0.25, 0.3) is 0 Å². The molecule has 0 aliphatic heterocycles. The first kappa shape index (κ1) is 10.9. The van der Waals surface area contributed by atoms with Crippen molar-refractivity contribution in [3.63, 3.8) is 0 Å². The molecule has 1 aliphatic rings. The number of nitrogens with one attached hydrogen (secondary N) is 1. The van der Waals surface area contributed by atoms with Crippen molar-refractivity contribution in [3.05, 3.63) is 0 Å². The van der Waals surface area contributed by atoms with Gasteiger partial charge in [0.2, 0.25) is 10.0 Å². The van der Waals surface area contributed by atoms with Gasteiger partial charge in [-0.05, 0) is 25.3 Å². The molecule has 5 heteroatoms. The molecule has 0 aromatic heterocycles. The molecule has 0 aromatic rings. The van der Waals surface area contributed by atoms with Gasteiger partial charge in [0.1, 0.15) is 0 Å². The Morgan fingerprint density at radius 3 is 2.54 bits per heavy atom. The highest BCUT2D eigenvalue weighted by atomic mass is 32.2. The number of hydrogen-bond acceptors (Lipinski definition) is 3. The highest BCUT2D eigenvalue weighted by molar-refractivity contribution is 7.90. The standard InChI is InChI=1S/C8H18N2O2S/c1-7(5-9)6-10-13(11,12)8-3-2-4-8/h7-8,10H,2-6,9H2,1H3. The summed E-state index contributed by atoms with van der Waals surface area (Å²) in [6.07, 6.45) is 2.66. The summed E-state index contributed by atoms with van der Waals surface area (Å²) < 4.78 is 25.6. The van der Waals surface area contributed by atoms with Gasteiger partial charge in [-0.25, -0.2) is 13.1 Å². The van der Waals surface area contributed by atoms with E-state index in [1.54, 1.807) is 0 Å². The zero-order valence-electron chi connectivity index (χ0n) is 7.99. The fraction of sp³-hybridized carbons (Fsp3) is 1.00. The van der Waals surface area contributed by atoms with E-state index in [9.17, 15) is 8.42 Å². The maximum Gasteiger partial charge on any atom is 0.214 e. The minimum absolute atomic E-state index is 0.141. The molecular formula is C8H18N2O2S. The van der Waals surface area contributed by atoms with Crippen LogP contribution in [0.1, 0.15) is 26.2 Å². The molecule has 0 bridgehead atoms. The topological polar surface area (TPSA) is 72.2 Å². The molecular weight excluding hydrogens is 188 g/mol. The number of rotatable bonds is 5. The van der Waals surface area contributed by atoms with E-state index in [1.165, 1.54) is 0 Å². The lowest BCUT2D eigenvalue weighted by molar-refractivity contribution is 0.463. The Morgan fingerprint density at radius 2 is 2.15 bits per heavy atom. The van der Waals surface area contributed by atoms with Crippen LogP contribution in [0.15, 0.2) is 0 Å². The van der Waals surface area contributed by atoms with E-state index in [2.05, 4.69) is 4.72 Å². The van der Waals surface area contributed by atoms with E-state index in [0.717, 1.165) is 19.3 Å². The quantitative estimate of drug-likeness (QED) is 0.668. The van der Waals surface area contributed by atoms with Gasteiger partial charge in [-0.1, -0.05) is 13.3 Å². The normalized spacial score (nSPS) is 21.1. The largest absolute Gasteiger partial charge is 0.330 e. The van der Waals surface area contributed by atoms with Crippen molar-refractivity contribution < 1.29 is 8.42 Å². The van der Waals surface area contributed by atoms with Gasteiger partial charge >= 0.3 is 0 Å². The van der Waals surface area contributed by atoms with E-state index >= 15 is 0 Å². The third-order valence-electron chi connectivity index (χ3n) is 2.53. The van der Waals surface area contributed by atoms with Gasteiger partial charge in [0.15, 0.2) is 0 Å². The van der Waals surface area contributed by atoms with Crippen molar-refractivity contribution in [2.45, 2.75) is 31.4 Å². The van der Waals surface area contributed by atoms with Crippen LogP contribution in [0.25, 0.3) is 0 Å². The Bertz CT molecular complexity index is 247. The van der Waals surface area contributed by atoms with Crippen molar-refractivity contribution in [1.82, 2.24) is 4.72 Å². The Labute approximate surface area is 79.9 Å². The van der Waals surface area contributed by atoms with Gasteiger partial charge in [-0.3, -0.25) is 0 Å².